The van der Waals surface area contributed by atoms with Crippen molar-refractivity contribution in [2.45, 2.75) is 65.1 Å². The number of hydrogen-bond donors (Lipinski definition) is 0. The van der Waals surface area contributed by atoms with Gasteiger partial charge in [0.15, 0.2) is 0 Å². The first-order chi connectivity index (χ1) is 9.31. The minimum absolute atomic E-state index is 0.0141. The monoisotopic (exact) mass is 285 g/mol. The van der Waals surface area contributed by atoms with E-state index < -0.39 is 5.60 Å². The highest BCUT2D eigenvalue weighted by Crippen LogP contribution is 2.15. The third kappa shape index (κ3) is 6.37. The van der Waals surface area contributed by atoms with E-state index in [1.165, 1.54) is 0 Å². The first kappa shape index (κ1) is 17.0. The Morgan fingerprint density at radius 2 is 1.95 bits per heavy atom. The van der Waals surface area contributed by atoms with Crippen LogP contribution in [-0.2, 0) is 19.1 Å². The van der Waals surface area contributed by atoms with Crippen LogP contribution in [-0.4, -0.2) is 48.2 Å². The predicted octanol–water partition coefficient (Wildman–Crippen LogP) is 2.14. The Bertz CT molecular complexity index is 333. The van der Waals surface area contributed by atoms with Gasteiger partial charge in [-0.3, -0.25) is 9.59 Å². The van der Waals surface area contributed by atoms with Gasteiger partial charge in [-0.1, -0.05) is 0 Å². The van der Waals surface area contributed by atoms with Crippen LogP contribution in [0.15, 0.2) is 0 Å². The van der Waals surface area contributed by atoms with Crippen molar-refractivity contribution in [3.63, 3.8) is 0 Å². The summed E-state index contributed by atoms with van der Waals surface area (Å²) in [4.78, 5) is 25.5. The molecule has 0 bridgehead atoms. The number of nitrogens with zero attached hydrogens (tertiary/aromatic N) is 1. The fraction of sp³-hybridized carbons (Fsp3) is 0.867. The van der Waals surface area contributed by atoms with Gasteiger partial charge in [0, 0.05) is 26.1 Å². The molecule has 1 rings (SSSR count). The molecule has 0 aromatic carbocycles. The Morgan fingerprint density at radius 1 is 1.25 bits per heavy atom. The van der Waals surface area contributed by atoms with Crippen molar-refractivity contribution in [3.05, 3.63) is 0 Å². The molecule has 1 unspecified atom stereocenters. The molecule has 5 heteroatoms. The zero-order valence-corrected chi connectivity index (χ0v) is 13.1. The van der Waals surface area contributed by atoms with Crippen LogP contribution in [0.2, 0.25) is 0 Å². The first-order valence-electron chi connectivity index (χ1n) is 7.43. The van der Waals surface area contributed by atoms with Crippen molar-refractivity contribution >= 4 is 11.9 Å². The fourth-order valence-corrected chi connectivity index (χ4v) is 2.30. The Kier molecular flexibility index (Phi) is 6.46. The minimum Gasteiger partial charge on any atom is -0.460 e. The smallest absolute Gasteiger partial charge is 0.306 e. The predicted molar refractivity (Wildman–Crippen MR) is 76.3 cm³/mol. The molecule has 1 fully saturated rings. The summed E-state index contributed by atoms with van der Waals surface area (Å²) in [5, 5.41) is 0. The molecule has 5 nitrogen and oxygen atoms in total. The SMILES string of the molecule is CCOC1CCCN(C(=O)CCC(=O)OC(C)(C)C)C1. The highest BCUT2D eigenvalue weighted by atomic mass is 16.6. The van der Waals surface area contributed by atoms with E-state index in [1.807, 2.05) is 27.7 Å². The molecule has 1 saturated heterocycles. The maximum absolute atomic E-state index is 12.1. The molecule has 0 aromatic heterocycles. The van der Waals surface area contributed by atoms with Gasteiger partial charge >= 0.3 is 5.97 Å². The molecular weight excluding hydrogens is 258 g/mol. The van der Waals surface area contributed by atoms with E-state index in [0.29, 0.717) is 13.2 Å². The summed E-state index contributed by atoms with van der Waals surface area (Å²) in [5.41, 5.74) is -0.495. The number of rotatable bonds is 5. The van der Waals surface area contributed by atoms with Crippen LogP contribution in [0.25, 0.3) is 0 Å². The highest BCUT2D eigenvalue weighted by molar-refractivity contribution is 5.81. The number of likely N-dealkylation sites (tertiary alicyclic amines) is 1. The molecule has 116 valence electrons. The molecule has 0 saturated carbocycles. The zero-order valence-electron chi connectivity index (χ0n) is 13.1. The minimum atomic E-state index is -0.495. The molecule has 0 spiro atoms. The topological polar surface area (TPSA) is 55.8 Å². The van der Waals surface area contributed by atoms with E-state index in [0.717, 1.165) is 19.4 Å². The van der Waals surface area contributed by atoms with Gasteiger partial charge in [-0.25, -0.2) is 0 Å². The Balaban J connectivity index is 2.33. The Hall–Kier alpha value is -1.10. The molecule has 1 aliphatic heterocycles. The third-order valence-corrected chi connectivity index (χ3v) is 3.10. The van der Waals surface area contributed by atoms with Gasteiger partial charge in [0.05, 0.1) is 12.5 Å². The first-order valence-corrected chi connectivity index (χ1v) is 7.43. The Labute approximate surface area is 121 Å². The summed E-state index contributed by atoms with van der Waals surface area (Å²) >= 11 is 0. The van der Waals surface area contributed by atoms with E-state index in [2.05, 4.69) is 0 Å². The summed E-state index contributed by atoms with van der Waals surface area (Å²) in [6.45, 7) is 9.50. The van der Waals surface area contributed by atoms with Crippen molar-refractivity contribution < 1.29 is 19.1 Å². The molecule has 0 aromatic rings. The number of hydrogen-bond acceptors (Lipinski definition) is 4. The lowest BCUT2D eigenvalue weighted by molar-refractivity contribution is -0.156. The van der Waals surface area contributed by atoms with Crippen LogP contribution in [0.5, 0.6) is 0 Å². The molecule has 0 radical (unpaired) electrons. The van der Waals surface area contributed by atoms with Gasteiger partial charge in [0.1, 0.15) is 5.60 Å². The lowest BCUT2D eigenvalue weighted by Crippen LogP contribution is -2.43. The number of ether oxygens (including phenoxy) is 2. The van der Waals surface area contributed by atoms with E-state index in [9.17, 15) is 9.59 Å². The van der Waals surface area contributed by atoms with Crippen molar-refractivity contribution in [3.8, 4) is 0 Å². The van der Waals surface area contributed by atoms with Gasteiger partial charge in [-0.2, -0.15) is 0 Å². The molecule has 1 aliphatic rings. The van der Waals surface area contributed by atoms with Crippen LogP contribution in [0, 0.1) is 0 Å². The molecule has 1 amide bonds. The van der Waals surface area contributed by atoms with E-state index in [1.54, 1.807) is 4.90 Å². The molecule has 0 aliphatic carbocycles. The summed E-state index contributed by atoms with van der Waals surface area (Å²) in [7, 11) is 0. The molecule has 1 heterocycles. The van der Waals surface area contributed by atoms with Gasteiger partial charge in [-0.15, -0.1) is 0 Å². The fourth-order valence-electron chi connectivity index (χ4n) is 2.30. The molecule has 20 heavy (non-hydrogen) atoms. The van der Waals surface area contributed by atoms with E-state index >= 15 is 0 Å². The van der Waals surface area contributed by atoms with E-state index in [-0.39, 0.29) is 30.8 Å². The number of carbonyl (C=O) groups is 2. The number of esters is 1. The molecular formula is C15H27NO4. The van der Waals surface area contributed by atoms with Crippen LogP contribution in [0.1, 0.15) is 53.4 Å². The van der Waals surface area contributed by atoms with Crippen molar-refractivity contribution in [2.75, 3.05) is 19.7 Å². The van der Waals surface area contributed by atoms with Gasteiger partial charge in [-0.05, 0) is 40.5 Å². The summed E-state index contributed by atoms with van der Waals surface area (Å²) in [6, 6.07) is 0. The lowest BCUT2D eigenvalue weighted by atomic mass is 10.1. The van der Waals surface area contributed by atoms with Crippen LogP contribution in [0.4, 0.5) is 0 Å². The largest absolute Gasteiger partial charge is 0.460 e. The maximum Gasteiger partial charge on any atom is 0.306 e. The maximum atomic E-state index is 12.1. The summed E-state index contributed by atoms with van der Waals surface area (Å²) < 4.78 is 10.8. The van der Waals surface area contributed by atoms with E-state index in [4.69, 9.17) is 9.47 Å². The van der Waals surface area contributed by atoms with Gasteiger partial charge in [0.25, 0.3) is 0 Å². The van der Waals surface area contributed by atoms with Crippen LogP contribution in [0.3, 0.4) is 0 Å². The van der Waals surface area contributed by atoms with Crippen LogP contribution >= 0.6 is 0 Å². The van der Waals surface area contributed by atoms with Crippen molar-refractivity contribution in [1.82, 2.24) is 4.90 Å². The number of carbonyl (C=O) groups excluding carboxylic acids is 2. The quantitative estimate of drug-likeness (QED) is 0.726. The third-order valence-electron chi connectivity index (χ3n) is 3.10. The number of amides is 1. The second-order valence-corrected chi connectivity index (χ2v) is 6.15. The van der Waals surface area contributed by atoms with Crippen molar-refractivity contribution in [2.24, 2.45) is 0 Å². The molecule has 1 atom stereocenters. The van der Waals surface area contributed by atoms with Gasteiger partial charge in [0.2, 0.25) is 5.91 Å². The summed E-state index contributed by atoms with van der Waals surface area (Å²) in [6.07, 6.45) is 2.46. The second-order valence-electron chi connectivity index (χ2n) is 6.15. The van der Waals surface area contributed by atoms with Crippen molar-refractivity contribution in [1.29, 1.82) is 0 Å². The second kappa shape index (κ2) is 7.62. The van der Waals surface area contributed by atoms with Gasteiger partial charge < -0.3 is 14.4 Å². The highest BCUT2D eigenvalue weighted by Gasteiger charge is 2.24. The zero-order chi connectivity index (χ0) is 15.2. The standard InChI is InChI=1S/C15H27NO4/c1-5-19-12-7-6-10-16(11-12)13(17)8-9-14(18)20-15(2,3)4/h12H,5-11H2,1-4H3. The lowest BCUT2D eigenvalue weighted by Gasteiger charge is -2.32. The average Bonchev–Trinajstić information content (AvgIpc) is 2.34. The normalized spacial score (nSPS) is 19.8. The summed E-state index contributed by atoms with van der Waals surface area (Å²) in [5.74, 6) is -0.301. The Morgan fingerprint density at radius 3 is 2.55 bits per heavy atom. The molecule has 0 N–H and O–H groups in total. The average molecular weight is 285 g/mol. The van der Waals surface area contributed by atoms with Crippen LogP contribution < -0.4 is 0 Å². The number of piperidine rings is 1.